The first-order valence-electron chi connectivity index (χ1n) is 6.01. The molecular formula is C15H24. The van der Waals surface area contributed by atoms with Gasteiger partial charge < -0.3 is 0 Å². The summed E-state index contributed by atoms with van der Waals surface area (Å²) in [6.45, 7) is 15.0. The van der Waals surface area contributed by atoms with Crippen molar-refractivity contribution < 1.29 is 0 Å². The molecule has 0 N–H and O–H groups in total. The summed E-state index contributed by atoms with van der Waals surface area (Å²) >= 11 is 0. The van der Waals surface area contributed by atoms with E-state index < -0.39 is 0 Å². The molecule has 0 heterocycles. The van der Waals surface area contributed by atoms with E-state index in [2.05, 4.69) is 40.0 Å². The van der Waals surface area contributed by atoms with Gasteiger partial charge in [0.2, 0.25) is 0 Å². The van der Waals surface area contributed by atoms with Crippen molar-refractivity contribution in [3.63, 3.8) is 0 Å². The fourth-order valence-electron chi connectivity index (χ4n) is 2.46. The van der Waals surface area contributed by atoms with Crippen LogP contribution in [0.4, 0.5) is 0 Å². The molecular weight excluding hydrogens is 180 g/mol. The molecule has 0 saturated heterocycles. The molecule has 1 saturated carbocycles. The highest BCUT2D eigenvalue weighted by atomic mass is 14.3. The van der Waals surface area contributed by atoms with Crippen molar-refractivity contribution in [2.45, 2.75) is 46.5 Å². The van der Waals surface area contributed by atoms with Crippen LogP contribution >= 0.6 is 0 Å². The average Bonchev–Trinajstić information content (AvgIpc) is 2.27. The SMILES string of the molecule is C=C1CCCC(C)C(C(=C)C=C(C)C)C1. The molecule has 84 valence electrons. The van der Waals surface area contributed by atoms with Gasteiger partial charge in [0.1, 0.15) is 0 Å². The Morgan fingerprint density at radius 2 is 2.07 bits per heavy atom. The van der Waals surface area contributed by atoms with Crippen LogP contribution in [0.1, 0.15) is 46.5 Å². The van der Waals surface area contributed by atoms with Crippen LogP contribution in [0.25, 0.3) is 0 Å². The van der Waals surface area contributed by atoms with Crippen LogP contribution in [-0.2, 0) is 0 Å². The highest BCUT2D eigenvalue weighted by Crippen LogP contribution is 2.35. The standard InChI is InChI=1S/C15H24/c1-11(2)9-14(5)15-10-12(3)7-6-8-13(15)4/h9,13,15H,3,5-8,10H2,1-2,4H3. The molecule has 15 heavy (non-hydrogen) atoms. The molecule has 1 fully saturated rings. The Kier molecular flexibility index (Phi) is 4.38. The topological polar surface area (TPSA) is 0 Å². The zero-order chi connectivity index (χ0) is 11.4. The van der Waals surface area contributed by atoms with E-state index in [4.69, 9.17) is 0 Å². The summed E-state index contributed by atoms with van der Waals surface area (Å²) in [6.07, 6.45) is 7.21. The molecule has 0 aromatic rings. The van der Waals surface area contributed by atoms with Crippen molar-refractivity contribution in [3.05, 3.63) is 36.0 Å². The van der Waals surface area contributed by atoms with Crippen molar-refractivity contribution in [3.8, 4) is 0 Å². The van der Waals surface area contributed by atoms with E-state index in [-0.39, 0.29) is 0 Å². The zero-order valence-corrected chi connectivity index (χ0v) is 10.5. The molecule has 0 radical (unpaired) electrons. The van der Waals surface area contributed by atoms with E-state index in [1.54, 1.807) is 0 Å². The molecule has 0 aliphatic heterocycles. The maximum atomic E-state index is 4.23. The maximum absolute atomic E-state index is 4.23. The average molecular weight is 204 g/mol. The largest absolute Gasteiger partial charge is 0.0998 e. The van der Waals surface area contributed by atoms with E-state index in [9.17, 15) is 0 Å². The van der Waals surface area contributed by atoms with Crippen LogP contribution in [0.3, 0.4) is 0 Å². The van der Waals surface area contributed by atoms with Gasteiger partial charge in [0.25, 0.3) is 0 Å². The Morgan fingerprint density at radius 3 is 2.67 bits per heavy atom. The van der Waals surface area contributed by atoms with Crippen LogP contribution in [0.5, 0.6) is 0 Å². The molecule has 2 unspecified atom stereocenters. The van der Waals surface area contributed by atoms with Gasteiger partial charge in [-0.05, 0) is 51.4 Å². The maximum Gasteiger partial charge on any atom is -0.0105 e. The minimum absolute atomic E-state index is 0.620. The van der Waals surface area contributed by atoms with E-state index in [0.717, 1.165) is 12.3 Å². The molecule has 0 spiro atoms. The van der Waals surface area contributed by atoms with Gasteiger partial charge in [-0.2, -0.15) is 0 Å². The molecule has 1 aliphatic carbocycles. The summed E-state index contributed by atoms with van der Waals surface area (Å²) in [6, 6.07) is 0. The number of rotatable bonds is 2. The second-order valence-electron chi connectivity index (χ2n) is 5.23. The van der Waals surface area contributed by atoms with Crippen LogP contribution in [0.2, 0.25) is 0 Å². The summed E-state index contributed by atoms with van der Waals surface area (Å²) in [4.78, 5) is 0. The Morgan fingerprint density at radius 1 is 1.40 bits per heavy atom. The number of allylic oxidation sites excluding steroid dienone is 4. The van der Waals surface area contributed by atoms with Crippen LogP contribution in [0.15, 0.2) is 36.0 Å². The predicted molar refractivity (Wildman–Crippen MR) is 68.8 cm³/mol. The first kappa shape index (κ1) is 12.3. The number of hydrogen-bond acceptors (Lipinski definition) is 0. The molecule has 1 rings (SSSR count). The second kappa shape index (κ2) is 5.34. The van der Waals surface area contributed by atoms with Gasteiger partial charge >= 0.3 is 0 Å². The molecule has 1 aliphatic rings. The highest BCUT2D eigenvalue weighted by molar-refractivity contribution is 5.24. The first-order chi connectivity index (χ1) is 7.00. The second-order valence-corrected chi connectivity index (χ2v) is 5.23. The van der Waals surface area contributed by atoms with Gasteiger partial charge in [-0.1, -0.05) is 42.9 Å². The number of hydrogen-bond donors (Lipinski definition) is 0. The normalized spacial score (nSPS) is 27.0. The lowest BCUT2D eigenvalue weighted by Gasteiger charge is -2.22. The summed E-state index contributed by atoms with van der Waals surface area (Å²) in [7, 11) is 0. The Hall–Kier alpha value is -0.780. The van der Waals surface area contributed by atoms with Crippen molar-refractivity contribution in [2.75, 3.05) is 0 Å². The van der Waals surface area contributed by atoms with E-state index in [0.29, 0.717) is 5.92 Å². The summed E-state index contributed by atoms with van der Waals surface area (Å²) in [5.41, 5.74) is 4.06. The summed E-state index contributed by atoms with van der Waals surface area (Å²) < 4.78 is 0. The molecule has 0 nitrogen and oxygen atoms in total. The molecule has 0 bridgehead atoms. The third kappa shape index (κ3) is 3.70. The molecule has 0 heteroatoms. The minimum atomic E-state index is 0.620. The fourth-order valence-corrected chi connectivity index (χ4v) is 2.46. The molecule has 0 aromatic carbocycles. The molecule has 0 aromatic heterocycles. The molecule has 2 atom stereocenters. The van der Waals surface area contributed by atoms with Gasteiger partial charge in [0.15, 0.2) is 0 Å². The molecule has 0 amide bonds. The Balaban J connectivity index is 2.76. The van der Waals surface area contributed by atoms with E-state index in [1.165, 1.54) is 36.0 Å². The Bertz CT molecular complexity index is 276. The summed E-state index contributed by atoms with van der Waals surface area (Å²) in [5.74, 6) is 1.38. The smallest absolute Gasteiger partial charge is 0.0105 e. The quantitative estimate of drug-likeness (QED) is 0.341. The van der Waals surface area contributed by atoms with Gasteiger partial charge in [-0.3, -0.25) is 0 Å². The van der Waals surface area contributed by atoms with Crippen molar-refractivity contribution >= 4 is 0 Å². The van der Waals surface area contributed by atoms with Crippen molar-refractivity contribution in [1.29, 1.82) is 0 Å². The van der Waals surface area contributed by atoms with E-state index >= 15 is 0 Å². The first-order valence-corrected chi connectivity index (χ1v) is 6.01. The van der Waals surface area contributed by atoms with Gasteiger partial charge in [0.05, 0.1) is 0 Å². The monoisotopic (exact) mass is 204 g/mol. The van der Waals surface area contributed by atoms with Gasteiger partial charge in [0, 0.05) is 0 Å². The third-order valence-corrected chi connectivity index (χ3v) is 3.34. The minimum Gasteiger partial charge on any atom is -0.0998 e. The highest BCUT2D eigenvalue weighted by Gasteiger charge is 2.22. The predicted octanol–water partition coefficient (Wildman–Crippen LogP) is 4.89. The van der Waals surface area contributed by atoms with Gasteiger partial charge in [-0.15, -0.1) is 0 Å². The lowest BCUT2D eigenvalue weighted by Crippen LogP contribution is -2.11. The van der Waals surface area contributed by atoms with Gasteiger partial charge in [-0.25, -0.2) is 0 Å². The van der Waals surface area contributed by atoms with Crippen LogP contribution in [0, 0.1) is 11.8 Å². The van der Waals surface area contributed by atoms with E-state index in [1.807, 2.05) is 0 Å². The fraction of sp³-hybridized carbons (Fsp3) is 0.600. The summed E-state index contributed by atoms with van der Waals surface area (Å²) in [5, 5.41) is 0. The van der Waals surface area contributed by atoms with Crippen molar-refractivity contribution in [1.82, 2.24) is 0 Å². The zero-order valence-electron chi connectivity index (χ0n) is 10.5. The lowest BCUT2D eigenvalue weighted by molar-refractivity contribution is 0.403. The van der Waals surface area contributed by atoms with Crippen LogP contribution < -0.4 is 0 Å². The van der Waals surface area contributed by atoms with Crippen LogP contribution in [-0.4, -0.2) is 0 Å². The third-order valence-electron chi connectivity index (χ3n) is 3.34. The van der Waals surface area contributed by atoms with Crippen molar-refractivity contribution in [2.24, 2.45) is 11.8 Å². The lowest BCUT2D eigenvalue weighted by atomic mass is 9.83. The Labute approximate surface area is 94.8 Å².